The van der Waals surface area contributed by atoms with Gasteiger partial charge in [-0.05, 0) is 38.5 Å². The van der Waals surface area contributed by atoms with E-state index in [-0.39, 0.29) is 17.0 Å². The lowest BCUT2D eigenvalue weighted by atomic mass is 10.1. The Morgan fingerprint density at radius 1 is 1.32 bits per heavy atom. The third-order valence-corrected chi connectivity index (χ3v) is 3.37. The minimum Gasteiger partial charge on any atom is -0.355 e. The topological polar surface area (TPSA) is 41.1 Å². The molecule has 1 rings (SSSR count). The SMILES string of the molecule is CCNC(=O)[C@H](C)N[C@H](C)c1cc(F)c(Cl)cc1Cl. The van der Waals surface area contributed by atoms with Crippen LogP contribution in [0.2, 0.25) is 10.0 Å². The molecule has 0 bridgehead atoms. The van der Waals surface area contributed by atoms with Crippen LogP contribution in [0, 0.1) is 5.82 Å². The van der Waals surface area contributed by atoms with Gasteiger partial charge in [-0.2, -0.15) is 0 Å². The Kier molecular flexibility index (Phi) is 6.04. The predicted octanol–water partition coefficient (Wildman–Crippen LogP) is 3.31. The average Bonchev–Trinajstić information content (AvgIpc) is 2.33. The number of nitrogens with one attached hydrogen (secondary N) is 2. The summed E-state index contributed by atoms with van der Waals surface area (Å²) in [4.78, 5) is 11.6. The normalized spacial score (nSPS) is 14.0. The summed E-state index contributed by atoms with van der Waals surface area (Å²) in [5.41, 5.74) is 0.569. The van der Waals surface area contributed by atoms with Gasteiger partial charge < -0.3 is 5.32 Å². The third kappa shape index (κ3) is 4.34. The van der Waals surface area contributed by atoms with Gasteiger partial charge in [0.25, 0.3) is 0 Å². The van der Waals surface area contributed by atoms with Crippen LogP contribution in [0.3, 0.4) is 0 Å². The lowest BCUT2D eigenvalue weighted by molar-refractivity contribution is -0.122. The first-order chi connectivity index (χ1) is 8.86. The zero-order valence-electron chi connectivity index (χ0n) is 11.1. The van der Waals surface area contributed by atoms with Crippen molar-refractivity contribution < 1.29 is 9.18 Å². The maximum atomic E-state index is 13.4. The first-order valence-electron chi connectivity index (χ1n) is 6.05. The molecule has 0 saturated carbocycles. The fourth-order valence-electron chi connectivity index (χ4n) is 1.74. The standard InChI is InChI=1S/C13H17Cl2FN2O/c1-4-17-13(19)8(3)18-7(2)9-5-12(16)11(15)6-10(9)14/h5-8,18H,4H2,1-3H3,(H,17,19)/t7-,8+/m1/s1. The number of hydrogen-bond donors (Lipinski definition) is 2. The van der Waals surface area contributed by atoms with Gasteiger partial charge in [0, 0.05) is 17.6 Å². The second kappa shape index (κ2) is 7.08. The van der Waals surface area contributed by atoms with Crippen LogP contribution < -0.4 is 10.6 Å². The molecule has 106 valence electrons. The van der Waals surface area contributed by atoms with Crippen LogP contribution >= 0.6 is 23.2 Å². The van der Waals surface area contributed by atoms with Crippen molar-refractivity contribution in [2.75, 3.05) is 6.54 Å². The van der Waals surface area contributed by atoms with Gasteiger partial charge in [0.1, 0.15) is 5.82 Å². The highest BCUT2D eigenvalue weighted by atomic mass is 35.5. The maximum Gasteiger partial charge on any atom is 0.236 e. The van der Waals surface area contributed by atoms with E-state index in [9.17, 15) is 9.18 Å². The van der Waals surface area contributed by atoms with Crippen LogP contribution in [-0.4, -0.2) is 18.5 Å². The lowest BCUT2D eigenvalue weighted by Crippen LogP contribution is -2.43. The molecule has 2 N–H and O–H groups in total. The van der Waals surface area contributed by atoms with Crippen molar-refractivity contribution in [2.24, 2.45) is 0 Å². The summed E-state index contributed by atoms with van der Waals surface area (Å²) in [6.07, 6.45) is 0. The van der Waals surface area contributed by atoms with E-state index in [1.165, 1.54) is 12.1 Å². The zero-order chi connectivity index (χ0) is 14.6. The van der Waals surface area contributed by atoms with E-state index >= 15 is 0 Å². The molecule has 0 fully saturated rings. The van der Waals surface area contributed by atoms with Crippen molar-refractivity contribution in [3.8, 4) is 0 Å². The first kappa shape index (κ1) is 16.2. The monoisotopic (exact) mass is 306 g/mol. The molecule has 6 heteroatoms. The van der Waals surface area contributed by atoms with Crippen molar-refractivity contribution in [2.45, 2.75) is 32.9 Å². The summed E-state index contributed by atoms with van der Waals surface area (Å²) in [5, 5.41) is 6.12. The van der Waals surface area contributed by atoms with E-state index in [0.717, 1.165) is 0 Å². The third-order valence-electron chi connectivity index (χ3n) is 2.75. The number of amides is 1. The van der Waals surface area contributed by atoms with E-state index in [2.05, 4.69) is 10.6 Å². The molecule has 0 radical (unpaired) electrons. The van der Waals surface area contributed by atoms with Gasteiger partial charge in [-0.3, -0.25) is 10.1 Å². The largest absolute Gasteiger partial charge is 0.355 e. The Morgan fingerprint density at radius 2 is 1.95 bits per heavy atom. The fourth-order valence-corrected chi connectivity index (χ4v) is 2.28. The van der Waals surface area contributed by atoms with Gasteiger partial charge in [0.2, 0.25) is 5.91 Å². The van der Waals surface area contributed by atoms with E-state index in [1.54, 1.807) is 6.92 Å². The summed E-state index contributed by atoms with van der Waals surface area (Å²) in [5.74, 6) is -0.639. The van der Waals surface area contributed by atoms with E-state index in [1.807, 2.05) is 13.8 Å². The summed E-state index contributed by atoms with van der Waals surface area (Å²) in [6, 6.07) is 1.98. The minimum absolute atomic E-state index is 0.0160. The summed E-state index contributed by atoms with van der Waals surface area (Å²) < 4.78 is 13.4. The van der Waals surface area contributed by atoms with E-state index in [4.69, 9.17) is 23.2 Å². The number of benzene rings is 1. The van der Waals surface area contributed by atoms with Crippen LogP contribution in [0.15, 0.2) is 12.1 Å². The second-order valence-corrected chi connectivity index (χ2v) is 5.11. The molecule has 19 heavy (non-hydrogen) atoms. The van der Waals surface area contributed by atoms with Crippen molar-refractivity contribution in [1.29, 1.82) is 0 Å². The summed E-state index contributed by atoms with van der Waals surface area (Å²) in [6.45, 7) is 5.96. The number of carbonyl (C=O) groups excluding carboxylic acids is 1. The molecule has 3 nitrogen and oxygen atoms in total. The molecule has 0 aliphatic rings. The molecule has 0 aliphatic carbocycles. The molecule has 0 unspecified atom stereocenters. The number of hydrogen-bond acceptors (Lipinski definition) is 2. The van der Waals surface area contributed by atoms with Gasteiger partial charge in [0.15, 0.2) is 0 Å². The van der Waals surface area contributed by atoms with Gasteiger partial charge in [-0.25, -0.2) is 4.39 Å². The highest BCUT2D eigenvalue weighted by molar-refractivity contribution is 6.35. The molecule has 0 spiro atoms. The molecule has 1 aromatic rings. The summed E-state index contributed by atoms with van der Waals surface area (Å²) >= 11 is 11.7. The van der Waals surface area contributed by atoms with Crippen LogP contribution in [-0.2, 0) is 4.79 Å². The fraction of sp³-hybridized carbons (Fsp3) is 0.462. The molecular weight excluding hydrogens is 290 g/mol. The van der Waals surface area contributed by atoms with Crippen LogP contribution in [0.1, 0.15) is 32.4 Å². The van der Waals surface area contributed by atoms with Gasteiger partial charge in [-0.15, -0.1) is 0 Å². The molecular formula is C13H17Cl2FN2O. The van der Waals surface area contributed by atoms with Gasteiger partial charge in [-0.1, -0.05) is 23.2 Å². The number of rotatable bonds is 5. The Balaban J connectivity index is 2.81. The maximum absolute atomic E-state index is 13.4. The Labute approximate surface area is 122 Å². The zero-order valence-corrected chi connectivity index (χ0v) is 12.6. The van der Waals surface area contributed by atoms with E-state index in [0.29, 0.717) is 17.1 Å². The quantitative estimate of drug-likeness (QED) is 0.820. The predicted molar refractivity (Wildman–Crippen MR) is 76.1 cm³/mol. The number of likely N-dealkylation sites (N-methyl/N-ethyl adjacent to an activating group) is 1. The van der Waals surface area contributed by atoms with Crippen LogP contribution in [0.4, 0.5) is 4.39 Å². The minimum atomic E-state index is -0.527. The molecule has 0 heterocycles. The molecule has 1 amide bonds. The van der Waals surface area contributed by atoms with Crippen molar-refractivity contribution in [3.63, 3.8) is 0 Å². The van der Waals surface area contributed by atoms with Crippen LogP contribution in [0.25, 0.3) is 0 Å². The second-order valence-electron chi connectivity index (χ2n) is 4.29. The highest BCUT2D eigenvalue weighted by Gasteiger charge is 2.18. The Bertz CT molecular complexity index is 468. The number of halogens is 3. The van der Waals surface area contributed by atoms with Crippen LogP contribution in [0.5, 0.6) is 0 Å². The summed E-state index contributed by atoms with van der Waals surface area (Å²) in [7, 11) is 0. The smallest absolute Gasteiger partial charge is 0.236 e. The number of carbonyl (C=O) groups is 1. The van der Waals surface area contributed by atoms with E-state index < -0.39 is 11.9 Å². The van der Waals surface area contributed by atoms with Crippen molar-refractivity contribution in [1.82, 2.24) is 10.6 Å². The first-order valence-corrected chi connectivity index (χ1v) is 6.80. The highest BCUT2D eigenvalue weighted by Crippen LogP contribution is 2.28. The molecule has 0 aromatic heterocycles. The Hall–Kier alpha value is -0.840. The molecule has 0 aliphatic heterocycles. The van der Waals surface area contributed by atoms with Crippen molar-refractivity contribution >= 4 is 29.1 Å². The molecule has 1 aromatic carbocycles. The van der Waals surface area contributed by atoms with Gasteiger partial charge in [0.05, 0.1) is 11.1 Å². The van der Waals surface area contributed by atoms with Crippen molar-refractivity contribution in [3.05, 3.63) is 33.6 Å². The molecule has 2 atom stereocenters. The van der Waals surface area contributed by atoms with Gasteiger partial charge >= 0.3 is 0 Å². The average molecular weight is 307 g/mol. The lowest BCUT2D eigenvalue weighted by Gasteiger charge is -2.20. The molecule has 0 saturated heterocycles. The Morgan fingerprint density at radius 3 is 2.53 bits per heavy atom.